The maximum absolute atomic E-state index is 12.1. The first kappa shape index (κ1) is 23.2. The first-order valence-electron chi connectivity index (χ1n) is 9.73. The minimum atomic E-state index is -0.0248. The fourth-order valence-corrected chi connectivity index (χ4v) is 2.76. The van der Waals surface area contributed by atoms with Crippen LogP contribution in [0.3, 0.4) is 0 Å². The number of benzene rings is 2. The molecule has 2 aromatic carbocycles. The number of nitrogens with one attached hydrogen (secondary N) is 2. The van der Waals surface area contributed by atoms with Crippen LogP contribution >= 0.6 is 0 Å². The lowest BCUT2D eigenvalue weighted by Gasteiger charge is -2.10. The summed E-state index contributed by atoms with van der Waals surface area (Å²) < 4.78 is 5.23. The largest absolute Gasteiger partial charge is 0.495 e. The maximum atomic E-state index is 12.1. The van der Waals surface area contributed by atoms with E-state index >= 15 is 0 Å². The second-order valence-electron chi connectivity index (χ2n) is 6.35. The lowest BCUT2D eigenvalue weighted by atomic mass is 10.0. The van der Waals surface area contributed by atoms with Crippen LogP contribution in [0.15, 0.2) is 36.4 Å². The fraction of sp³-hybridized carbons (Fsp3) is 0.391. The molecule has 2 rings (SSSR count). The number of anilines is 1. The molecule has 0 unspecified atom stereocenters. The van der Waals surface area contributed by atoms with Crippen molar-refractivity contribution in [3.05, 3.63) is 58.7 Å². The summed E-state index contributed by atoms with van der Waals surface area (Å²) in [5.74, 6) is 0.514. The summed E-state index contributed by atoms with van der Waals surface area (Å²) in [5, 5.41) is 5.52. The van der Waals surface area contributed by atoms with Crippen molar-refractivity contribution in [2.45, 2.75) is 47.0 Å². The van der Waals surface area contributed by atoms with E-state index in [4.69, 9.17) is 4.74 Å². The van der Waals surface area contributed by atoms with Gasteiger partial charge in [0.1, 0.15) is 5.75 Å². The molecule has 0 atom stereocenters. The van der Waals surface area contributed by atoms with E-state index in [1.54, 1.807) is 12.1 Å². The molecule has 0 spiro atoms. The van der Waals surface area contributed by atoms with Crippen LogP contribution < -0.4 is 15.4 Å². The number of rotatable bonds is 9. The van der Waals surface area contributed by atoms with Crippen LogP contribution in [0.4, 0.5) is 5.69 Å². The summed E-state index contributed by atoms with van der Waals surface area (Å²) in [6, 6.07) is 11.8. The molecule has 28 heavy (non-hydrogen) atoms. The van der Waals surface area contributed by atoms with E-state index in [1.807, 2.05) is 19.9 Å². The third kappa shape index (κ3) is 7.43. The van der Waals surface area contributed by atoms with Gasteiger partial charge in [0.05, 0.1) is 19.2 Å². The van der Waals surface area contributed by atoms with Crippen molar-refractivity contribution in [2.24, 2.45) is 0 Å². The van der Waals surface area contributed by atoms with Gasteiger partial charge in [0.15, 0.2) is 0 Å². The van der Waals surface area contributed by atoms with Gasteiger partial charge in [-0.05, 0) is 61.1 Å². The van der Waals surface area contributed by atoms with Gasteiger partial charge in [-0.15, -0.1) is 0 Å². The lowest BCUT2D eigenvalue weighted by molar-refractivity contribution is -0.120. The summed E-state index contributed by atoms with van der Waals surface area (Å²) in [5.41, 5.74) is 5.32. The first-order valence-corrected chi connectivity index (χ1v) is 9.73. The van der Waals surface area contributed by atoms with Crippen molar-refractivity contribution in [1.82, 2.24) is 5.32 Å². The van der Waals surface area contributed by atoms with Gasteiger partial charge in [-0.3, -0.25) is 9.59 Å². The van der Waals surface area contributed by atoms with E-state index in [0.717, 1.165) is 18.4 Å². The second kappa shape index (κ2) is 12.5. The van der Waals surface area contributed by atoms with Gasteiger partial charge in [0.25, 0.3) is 0 Å². The summed E-state index contributed by atoms with van der Waals surface area (Å²) >= 11 is 0. The Labute approximate surface area is 168 Å². The molecule has 0 heterocycles. The maximum Gasteiger partial charge on any atom is 0.224 e. The van der Waals surface area contributed by atoms with E-state index in [0.29, 0.717) is 24.4 Å². The molecule has 0 aromatic heterocycles. The predicted octanol–water partition coefficient (Wildman–Crippen LogP) is 4.20. The Balaban J connectivity index is 0.00000190. The average molecular weight is 385 g/mol. The zero-order valence-electron chi connectivity index (χ0n) is 17.6. The van der Waals surface area contributed by atoms with Crippen LogP contribution in [-0.2, 0) is 22.4 Å². The number of ether oxygens (including phenoxy) is 1. The standard InChI is InChI=1S/C21H26N2O3.C2H6/c1-15-6-7-17(11-16(15)2)5-4-10-22-21(25)13-18-8-9-19(23-14-24)20(12-18)26-3;1-2/h6-9,11-12,14H,4-5,10,13H2,1-3H3,(H,22,25)(H,23,24);1-2H3. The van der Waals surface area contributed by atoms with Crippen molar-refractivity contribution in [3.8, 4) is 5.75 Å². The number of aryl methyl sites for hydroxylation is 3. The molecule has 0 aliphatic carbocycles. The highest BCUT2D eigenvalue weighted by molar-refractivity contribution is 5.80. The summed E-state index contributed by atoms with van der Waals surface area (Å²) in [6.45, 7) is 8.87. The summed E-state index contributed by atoms with van der Waals surface area (Å²) in [7, 11) is 1.53. The molecule has 2 amide bonds. The van der Waals surface area contributed by atoms with Gasteiger partial charge >= 0.3 is 0 Å². The quantitative estimate of drug-likeness (QED) is 0.503. The van der Waals surface area contributed by atoms with Crippen molar-refractivity contribution in [1.29, 1.82) is 0 Å². The minimum Gasteiger partial charge on any atom is -0.495 e. The molecule has 0 saturated heterocycles. The van der Waals surface area contributed by atoms with Gasteiger partial charge in [0, 0.05) is 6.54 Å². The Bertz CT molecular complexity index is 772. The van der Waals surface area contributed by atoms with E-state index in [-0.39, 0.29) is 12.3 Å². The average Bonchev–Trinajstić information content (AvgIpc) is 2.70. The fourth-order valence-electron chi connectivity index (χ4n) is 2.76. The zero-order valence-corrected chi connectivity index (χ0v) is 17.6. The van der Waals surface area contributed by atoms with Gasteiger partial charge in [0.2, 0.25) is 12.3 Å². The third-order valence-electron chi connectivity index (χ3n) is 4.38. The third-order valence-corrected chi connectivity index (χ3v) is 4.38. The van der Waals surface area contributed by atoms with Crippen LogP contribution in [-0.4, -0.2) is 26.0 Å². The minimum absolute atomic E-state index is 0.0248. The van der Waals surface area contributed by atoms with Crippen LogP contribution in [0, 0.1) is 13.8 Å². The second-order valence-corrected chi connectivity index (χ2v) is 6.35. The molecule has 0 bridgehead atoms. The highest BCUT2D eigenvalue weighted by atomic mass is 16.5. The number of methoxy groups -OCH3 is 1. The Morgan fingerprint density at radius 2 is 1.75 bits per heavy atom. The van der Waals surface area contributed by atoms with E-state index in [1.165, 1.54) is 23.8 Å². The van der Waals surface area contributed by atoms with Crippen LogP contribution in [0.2, 0.25) is 0 Å². The lowest BCUT2D eigenvalue weighted by Crippen LogP contribution is -2.26. The molecule has 2 N–H and O–H groups in total. The predicted molar refractivity (Wildman–Crippen MR) is 115 cm³/mol. The van der Waals surface area contributed by atoms with Crippen molar-refractivity contribution < 1.29 is 14.3 Å². The summed E-state index contributed by atoms with van der Waals surface area (Å²) in [6.07, 6.45) is 2.72. The Morgan fingerprint density at radius 1 is 1.04 bits per heavy atom. The number of amides is 2. The van der Waals surface area contributed by atoms with Crippen molar-refractivity contribution in [2.75, 3.05) is 19.0 Å². The number of carbonyl (C=O) groups excluding carboxylic acids is 2. The normalized spacial score (nSPS) is 9.75. The topological polar surface area (TPSA) is 67.4 Å². The number of hydrogen-bond acceptors (Lipinski definition) is 3. The molecule has 5 heteroatoms. The van der Waals surface area contributed by atoms with Crippen LogP contribution in [0.5, 0.6) is 5.75 Å². The van der Waals surface area contributed by atoms with Gasteiger partial charge in [-0.25, -0.2) is 0 Å². The molecule has 0 radical (unpaired) electrons. The monoisotopic (exact) mass is 384 g/mol. The molecule has 2 aromatic rings. The molecule has 152 valence electrons. The van der Waals surface area contributed by atoms with Crippen LogP contribution in [0.1, 0.15) is 42.5 Å². The number of hydrogen-bond donors (Lipinski definition) is 2. The van der Waals surface area contributed by atoms with Gasteiger partial charge < -0.3 is 15.4 Å². The van der Waals surface area contributed by atoms with Crippen molar-refractivity contribution in [3.63, 3.8) is 0 Å². The molecule has 0 fully saturated rings. The van der Waals surface area contributed by atoms with Crippen LogP contribution in [0.25, 0.3) is 0 Å². The zero-order chi connectivity index (χ0) is 20.9. The highest BCUT2D eigenvalue weighted by Crippen LogP contribution is 2.25. The number of carbonyl (C=O) groups is 2. The smallest absolute Gasteiger partial charge is 0.224 e. The molecule has 0 aliphatic rings. The molecule has 0 saturated carbocycles. The highest BCUT2D eigenvalue weighted by Gasteiger charge is 2.08. The first-order chi connectivity index (χ1) is 13.5. The summed E-state index contributed by atoms with van der Waals surface area (Å²) in [4.78, 5) is 22.7. The van der Waals surface area contributed by atoms with Crippen molar-refractivity contribution >= 4 is 18.0 Å². The van der Waals surface area contributed by atoms with E-state index < -0.39 is 0 Å². The molecular weight excluding hydrogens is 352 g/mol. The molecule has 0 aliphatic heterocycles. The van der Waals surface area contributed by atoms with Gasteiger partial charge in [-0.1, -0.05) is 38.1 Å². The van der Waals surface area contributed by atoms with Gasteiger partial charge in [-0.2, -0.15) is 0 Å². The van der Waals surface area contributed by atoms with E-state index in [9.17, 15) is 9.59 Å². The Hall–Kier alpha value is -2.82. The van der Waals surface area contributed by atoms with E-state index in [2.05, 4.69) is 42.7 Å². The molecular formula is C23H32N2O3. The Kier molecular flexibility index (Phi) is 10.4. The SMILES string of the molecule is CC.COc1cc(CC(=O)NCCCc2ccc(C)c(C)c2)ccc1NC=O. The molecule has 5 nitrogen and oxygen atoms in total. The Morgan fingerprint density at radius 3 is 2.39 bits per heavy atom.